The van der Waals surface area contributed by atoms with Gasteiger partial charge in [0.2, 0.25) is 0 Å². The van der Waals surface area contributed by atoms with Crippen molar-refractivity contribution in [1.82, 2.24) is 0 Å². The quantitative estimate of drug-likeness (QED) is 0.668. The lowest BCUT2D eigenvalue weighted by Gasteiger charge is -2.34. The Morgan fingerprint density at radius 1 is 0.826 bits per heavy atom. The third kappa shape index (κ3) is 2.45. The van der Waals surface area contributed by atoms with Crippen LogP contribution in [0.4, 0.5) is 0 Å². The molecule has 0 bridgehead atoms. The van der Waals surface area contributed by atoms with Crippen molar-refractivity contribution in [3.05, 3.63) is 51.1 Å². The molecule has 0 spiro atoms. The molecule has 0 fully saturated rings. The normalized spacial score (nSPS) is 17.9. The predicted octanol–water partition coefficient (Wildman–Crippen LogP) is 6.58. The van der Waals surface area contributed by atoms with Crippen molar-refractivity contribution < 1.29 is 5.11 Å². The molecule has 0 aliphatic heterocycles. The van der Waals surface area contributed by atoms with Crippen molar-refractivity contribution in [2.45, 2.75) is 79.6 Å². The summed E-state index contributed by atoms with van der Waals surface area (Å²) in [6, 6.07) is 4.37. The lowest BCUT2D eigenvalue weighted by atomic mass is 9.69. The van der Waals surface area contributed by atoms with Crippen molar-refractivity contribution >= 4 is 0 Å². The molecule has 0 aromatic heterocycles. The lowest BCUT2D eigenvalue weighted by Crippen LogP contribution is -2.25. The molecule has 0 amide bonds. The number of aromatic hydroxyl groups is 1. The van der Waals surface area contributed by atoms with Crippen LogP contribution in [0.25, 0.3) is 0 Å². The minimum atomic E-state index is -0.110. The van der Waals surface area contributed by atoms with E-state index < -0.39 is 0 Å². The Labute approximate surface area is 142 Å². The third-order valence-electron chi connectivity index (χ3n) is 6.17. The van der Waals surface area contributed by atoms with Gasteiger partial charge in [-0.05, 0) is 68.7 Å². The van der Waals surface area contributed by atoms with Crippen molar-refractivity contribution in [2.24, 2.45) is 0 Å². The molecule has 1 aromatic carbocycles. The average Bonchev–Trinajstić information content (AvgIpc) is 2.62. The summed E-state index contributed by atoms with van der Waals surface area (Å²) in [5.41, 5.74) is 8.92. The minimum absolute atomic E-state index is 0.110. The van der Waals surface area contributed by atoms with E-state index in [4.69, 9.17) is 0 Å². The first-order valence-electron chi connectivity index (χ1n) is 8.77. The Bertz CT molecular complexity index is 675. The van der Waals surface area contributed by atoms with E-state index in [1.165, 1.54) is 27.9 Å². The Morgan fingerprint density at radius 2 is 1.30 bits per heavy atom. The molecule has 0 saturated carbocycles. The highest BCUT2D eigenvalue weighted by molar-refractivity contribution is 5.63. The van der Waals surface area contributed by atoms with Gasteiger partial charge in [-0.15, -0.1) is 0 Å². The molecule has 1 aliphatic carbocycles. The summed E-state index contributed by atoms with van der Waals surface area (Å²) in [6.07, 6.45) is 0. The third-order valence-corrected chi connectivity index (χ3v) is 6.17. The first-order chi connectivity index (χ1) is 10.5. The summed E-state index contributed by atoms with van der Waals surface area (Å²) < 4.78 is 0. The number of rotatable bonds is 3. The second-order valence-electron chi connectivity index (χ2n) is 7.90. The van der Waals surface area contributed by atoms with Gasteiger partial charge < -0.3 is 5.11 Å². The van der Waals surface area contributed by atoms with Gasteiger partial charge in [-0.25, -0.2) is 0 Å². The van der Waals surface area contributed by atoms with Gasteiger partial charge in [-0.1, -0.05) is 51.0 Å². The van der Waals surface area contributed by atoms with Crippen LogP contribution in [0, 0.1) is 0 Å². The Hall–Kier alpha value is -1.50. The maximum atomic E-state index is 11.0. The van der Waals surface area contributed by atoms with E-state index in [0.29, 0.717) is 17.6 Å². The van der Waals surface area contributed by atoms with Crippen LogP contribution in [0.1, 0.15) is 90.8 Å². The molecular formula is C22H32O. The van der Waals surface area contributed by atoms with Crippen LogP contribution in [0.15, 0.2) is 34.4 Å². The minimum Gasteiger partial charge on any atom is -0.507 e. The molecule has 126 valence electrons. The van der Waals surface area contributed by atoms with Gasteiger partial charge in [0, 0.05) is 11.0 Å². The molecule has 1 nitrogen and oxygen atoms in total. The highest BCUT2D eigenvalue weighted by Crippen LogP contribution is 2.52. The van der Waals surface area contributed by atoms with Gasteiger partial charge in [0.15, 0.2) is 0 Å². The van der Waals surface area contributed by atoms with Crippen LogP contribution in [-0.2, 0) is 5.41 Å². The molecular weight excluding hydrogens is 280 g/mol. The number of benzene rings is 1. The van der Waals surface area contributed by atoms with Crippen molar-refractivity contribution in [3.63, 3.8) is 0 Å². The Balaban J connectivity index is 2.82. The number of hydrogen-bond donors (Lipinski definition) is 1. The van der Waals surface area contributed by atoms with Gasteiger partial charge in [-0.3, -0.25) is 0 Å². The molecule has 0 radical (unpaired) electrons. The topological polar surface area (TPSA) is 20.2 Å². The first kappa shape index (κ1) is 17.8. The number of allylic oxidation sites excluding steroid dienone is 4. The zero-order valence-electron chi connectivity index (χ0n) is 16.3. The van der Waals surface area contributed by atoms with Crippen LogP contribution >= 0.6 is 0 Å². The Morgan fingerprint density at radius 3 is 1.70 bits per heavy atom. The largest absolute Gasteiger partial charge is 0.507 e. The highest BCUT2D eigenvalue weighted by Gasteiger charge is 2.40. The number of phenols is 1. The van der Waals surface area contributed by atoms with Crippen LogP contribution in [0.3, 0.4) is 0 Å². The van der Waals surface area contributed by atoms with Crippen molar-refractivity contribution in [2.75, 3.05) is 0 Å². The highest BCUT2D eigenvalue weighted by atomic mass is 16.3. The SMILES string of the molecule is CC1=C(C)C(C)(c2ccc(C(C)C)c(O)c2C(C)C)C(C)=C1C. The van der Waals surface area contributed by atoms with E-state index in [1.54, 1.807) is 0 Å². The van der Waals surface area contributed by atoms with Gasteiger partial charge >= 0.3 is 0 Å². The van der Waals surface area contributed by atoms with Crippen LogP contribution < -0.4 is 0 Å². The maximum absolute atomic E-state index is 11.0. The molecule has 0 unspecified atom stereocenters. The zero-order chi connectivity index (χ0) is 17.7. The van der Waals surface area contributed by atoms with Gasteiger partial charge in [-0.2, -0.15) is 0 Å². The fraction of sp³-hybridized carbons (Fsp3) is 0.545. The summed E-state index contributed by atoms with van der Waals surface area (Å²) in [5.74, 6) is 1.12. The maximum Gasteiger partial charge on any atom is 0.122 e. The summed E-state index contributed by atoms with van der Waals surface area (Å²) in [5, 5.41) is 11.0. The van der Waals surface area contributed by atoms with E-state index in [9.17, 15) is 5.11 Å². The smallest absolute Gasteiger partial charge is 0.122 e. The van der Waals surface area contributed by atoms with Crippen molar-refractivity contribution in [1.29, 1.82) is 0 Å². The molecule has 23 heavy (non-hydrogen) atoms. The fourth-order valence-electron chi connectivity index (χ4n) is 4.11. The van der Waals surface area contributed by atoms with Gasteiger partial charge in [0.1, 0.15) is 5.75 Å². The second-order valence-corrected chi connectivity index (χ2v) is 7.90. The lowest BCUT2D eigenvalue weighted by molar-refractivity contribution is 0.450. The zero-order valence-corrected chi connectivity index (χ0v) is 16.3. The fourth-order valence-corrected chi connectivity index (χ4v) is 4.11. The molecule has 1 aliphatic rings. The van der Waals surface area contributed by atoms with Gasteiger partial charge in [0.25, 0.3) is 0 Å². The summed E-state index contributed by atoms with van der Waals surface area (Å²) in [4.78, 5) is 0. The van der Waals surface area contributed by atoms with E-state index >= 15 is 0 Å². The number of hydrogen-bond acceptors (Lipinski definition) is 1. The van der Waals surface area contributed by atoms with E-state index in [2.05, 4.69) is 74.4 Å². The average molecular weight is 312 g/mol. The first-order valence-corrected chi connectivity index (χ1v) is 8.77. The standard InChI is InChI=1S/C22H32O/c1-12(2)18-10-11-19(20(13(3)4)21(18)23)22(9)16(7)14(5)15(6)17(22)8/h10-13,23H,1-9H3. The molecule has 0 heterocycles. The molecule has 0 atom stereocenters. The van der Waals surface area contributed by atoms with Crippen molar-refractivity contribution in [3.8, 4) is 5.75 Å². The van der Waals surface area contributed by atoms with E-state index in [1.807, 2.05) is 0 Å². The van der Waals surface area contributed by atoms with E-state index in [0.717, 1.165) is 11.1 Å². The van der Waals surface area contributed by atoms with Crippen LogP contribution in [0.5, 0.6) is 5.75 Å². The summed E-state index contributed by atoms with van der Waals surface area (Å²) in [6.45, 7) is 19.9. The molecule has 2 rings (SSSR count). The second kappa shape index (κ2) is 5.85. The summed E-state index contributed by atoms with van der Waals surface area (Å²) in [7, 11) is 0. The van der Waals surface area contributed by atoms with Gasteiger partial charge in [0.05, 0.1) is 0 Å². The van der Waals surface area contributed by atoms with Crippen LogP contribution in [0.2, 0.25) is 0 Å². The molecule has 1 heteroatoms. The summed E-state index contributed by atoms with van der Waals surface area (Å²) >= 11 is 0. The molecule has 1 aromatic rings. The predicted molar refractivity (Wildman–Crippen MR) is 100 cm³/mol. The van der Waals surface area contributed by atoms with E-state index in [-0.39, 0.29) is 5.41 Å². The Kier molecular flexibility index (Phi) is 4.54. The number of phenolic OH excluding ortho intramolecular Hbond substituents is 1. The molecule has 1 N–H and O–H groups in total. The monoisotopic (exact) mass is 312 g/mol. The molecule has 0 saturated heterocycles. The van der Waals surface area contributed by atoms with Crippen LogP contribution in [-0.4, -0.2) is 5.11 Å².